The molecule has 0 saturated carbocycles. The molecule has 108 valence electrons. The molecule has 0 bridgehead atoms. The molecule has 0 saturated heterocycles. The topological polar surface area (TPSA) is 15.3 Å². The largest absolute Gasteiger partial charge is 0.372 e. The number of nitrogens with one attached hydrogen (secondary N) is 1. The Hall–Kier alpha value is -0.540. The highest BCUT2D eigenvalue weighted by Crippen LogP contribution is 2.30. The van der Waals surface area contributed by atoms with Crippen LogP contribution in [0, 0.1) is 5.92 Å². The second-order valence-electron chi connectivity index (χ2n) is 5.80. The Balaban J connectivity index is 3.04. The maximum Gasteiger partial charge on any atom is 0.0415 e. The minimum absolute atomic E-state index is 0.348. The van der Waals surface area contributed by atoms with E-state index in [0.29, 0.717) is 12.1 Å². The summed E-state index contributed by atoms with van der Waals surface area (Å²) >= 11 is 3.57. The predicted molar refractivity (Wildman–Crippen MR) is 88.9 cm³/mol. The van der Waals surface area contributed by atoms with Crippen molar-refractivity contribution in [3.05, 3.63) is 28.2 Å². The van der Waals surface area contributed by atoms with Crippen LogP contribution in [0.1, 0.15) is 45.7 Å². The van der Waals surface area contributed by atoms with Crippen molar-refractivity contribution in [2.45, 2.75) is 46.2 Å². The van der Waals surface area contributed by atoms with E-state index in [-0.39, 0.29) is 0 Å². The first-order valence-electron chi connectivity index (χ1n) is 7.06. The molecule has 0 heterocycles. The molecule has 1 aromatic rings. The van der Waals surface area contributed by atoms with Crippen molar-refractivity contribution >= 4 is 21.6 Å². The lowest BCUT2D eigenvalue weighted by atomic mass is 10.0. The third-order valence-electron chi connectivity index (χ3n) is 3.74. The quantitative estimate of drug-likeness (QED) is 0.821. The Morgan fingerprint density at radius 2 is 1.84 bits per heavy atom. The van der Waals surface area contributed by atoms with Gasteiger partial charge >= 0.3 is 0 Å². The first-order chi connectivity index (χ1) is 8.86. The normalized spacial score (nSPS) is 14.5. The highest BCUT2D eigenvalue weighted by Gasteiger charge is 2.17. The van der Waals surface area contributed by atoms with Crippen LogP contribution in [0.15, 0.2) is 22.7 Å². The highest BCUT2D eigenvalue weighted by atomic mass is 79.9. The van der Waals surface area contributed by atoms with E-state index >= 15 is 0 Å². The Kier molecular flexibility index (Phi) is 6.34. The number of hydrogen-bond donors (Lipinski definition) is 1. The molecule has 2 nitrogen and oxygen atoms in total. The smallest absolute Gasteiger partial charge is 0.0415 e. The molecule has 19 heavy (non-hydrogen) atoms. The molecular weight excluding hydrogens is 300 g/mol. The van der Waals surface area contributed by atoms with Crippen molar-refractivity contribution < 1.29 is 0 Å². The summed E-state index contributed by atoms with van der Waals surface area (Å²) in [5, 5.41) is 3.34. The van der Waals surface area contributed by atoms with Crippen LogP contribution in [-0.4, -0.2) is 20.1 Å². The van der Waals surface area contributed by atoms with Gasteiger partial charge in [-0.15, -0.1) is 0 Å². The molecule has 1 N–H and O–H groups in total. The number of halogens is 1. The van der Waals surface area contributed by atoms with E-state index in [1.54, 1.807) is 0 Å². The van der Waals surface area contributed by atoms with Crippen LogP contribution < -0.4 is 10.2 Å². The average molecular weight is 327 g/mol. The van der Waals surface area contributed by atoms with Gasteiger partial charge < -0.3 is 10.2 Å². The van der Waals surface area contributed by atoms with Gasteiger partial charge in [0.1, 0.15) is 0 Å². The zero-order valence-electron chi connectivity index (χ0n) is 13.0. The number of hydrogen-bond acceptors (Lipinski definition) is 2. The van der Waals surface area contributed by atoms with Gasteiger partial charge in [0.15, 0.2) is 0 Å². The van der Waals surface area contributed by atoms with Crippen LogP contribution in [0.5, 0.6) is 0 Å². The maximum absolute atomic E-state index is 3.57. The molecule has 2 atom stereocenters. The monoisotopic (exact) mass is 326 g/mol. The third-order valence-corrected chi connectivity index (χ3v) is 4.24. The average Bonchev–Trinajstić information content (AvgIpc) is 2.36. The van der Waals surface area contributed by atoms with Gasteiger partial charge in [-0.1, -0.05) is 29.8 Å². The Bertz CT molecular complexity index is 404. The van der Waals surface area contributed by atoms with Crippen molar-refractivity contribution in [1.29, 1.82) is 0 Å². The van der Waals surface area contributed by atoms with Gasteiger partial charge in [-0.3, -0.25) is 0 Å². The standard InChI is InChI=1S/C16H27BrN2/c1-11(2)9-12(3)19(6)16-8-7-14(17)10-15(16)13(4)18-5/h7-8,10-13,18H,9H2,1-6H3. The lowest BCUT2D eigenvalue weighted by Crippen LogP contribution is -2.31. The van der Waals surface area contributed by atoms with Crippen molar-refractivity contribution in [3.8, 4) is 0 Å². The lowest BCUT2D eigenvalue weighted by Gasteiger charge is -2.31. The molecule has 2 unspecified atom stereocenters. The van der Waals surface area contributed by atoms with Gasteiger partial charge in [0, 0.05) is 29.3 Å². The van der Waals surface area contributed by atoms with Gasteiger partial charge in [-0.25, -0.2) is 0 Å². The molecule has 0 aliphatic heterocycles. The molecular formula is C16H27BrN2. The van der Waals surface area contributed by atoms with Crippen molar-refractivity contribution in [3.63, 3.8) is 0 Å². The second kappa shape index (κ2) is 7.30. The van der Waals surface area contributed by atoms with E-state index in [2.05, 4.69) is 79.1 Å². The van der Waals surface area contributed by atoms with Crippen LogP contribution in [0.25, 0.3) is 0 Å². The van der Waals surface area contributed by atoms with Crippen LogP contribution in [0.3, 0.4) is 0 Å². The molecule has 0 fully saturated rings. The molecule has 3 heteroatoms. The summed E-state index contributed by atoms with van der Waals surface area (Å²) in [6.45, 7) is 9.06. The number of rotatable bonds is 6. The summed E-state index contributed by atoms with van der Waals surface area (Å²) in [7, 11) is 4.20. The van der Waals surface area contributed by atoms with Crippen molar-refractivity contribution in [2.24, 2.45) is 5.92 Å². The molecule has 1 aromatic carbocycles. The van der Waals surface area contributed by atoms with E-state index in [9.17, 15) is 0 Å². The van der Waals surface area contributed by atoms with E-state index in [1.165, 1.54) is 17.7 Å². The summed E-state index contributed by atoms with van der Waals surface area (Å²) in [6.07, 6.45) is 1.21. The fourth-order valence-corrected chi connectivity index (χ4v) is 2.81. The zero-order chi connectivity index (χ0) is 14.6. The Morgan fingerprint density at radius 1 is 1.21 bits per heavy atom. The Morgan fingerprint density at radius 3 is 2.37 bits per heavy atom. The molecule has 0 amide bonds. The summed E-state index contributed by atoms with van der Waals surface area (Å²) < 4.78 is 1.14. The van der Waals surface area contributed by atoms with Crippen LogP contribution in [0.4, 0.5) is 5.69 Å². The summed E-state index contributed by atoms with van der Waals surface area (Å²) in [5.41, 5.74) is 2.66. The van der Waals surface area contributed by atoms with E-state index < -0.39 is 0 Å². The van der Waals surface area contributed by atoms with Crippen LogP contribution in [-0.2, 0) is 0 Å². The van der Waals surface area contributed by atoms with Crippen molar-refractivity contribution in [1.82, 2.24) is 5.32 Å². The van der Waals surface area contributed by atoms with E-state index in [0.717, 1.165) is 10.4 Å². The van der Waals surface area contributed by atoms with Gasteiger partial charge in [-0.05, 0) is 57.0 Å². The fourth-order valence-electron chi connectivity index (χ4n) is 2.43. The number of nitrogens with zero attached hydrogens (tertiary/aromatic N) is 1. The molecule has 0 aromatic heterocycles. The highest BCUT2D eigenvalue weighted by molar-refractivity contribution is 9.10. The predicted octanol–water partition coefficient (Wildman–Crippen LogP) is 4.60. The first kappa shape index (κ1) is 16.5. The molecule has 0 radical (unpaired) electrons. The molecule has 0 aliphatic rings. The number of anilines is 1. The Labute approximate surface area is 126 Å². The van der Waals surface area contributed by atoms with Gasteiger partial charge in [0.05, 0.1) is 0 Å². The SMILES string of the molecule is CNC(C)c1cc(Br)ccc1N(C)C(C)CC(C)C. The first-order valence-corrected chi connectivity index (χ1v) is 7.85. The zero-order valence-corrected chi connectivity index (χ0v) is 14.6. The van der Waals surface area contributed by atoms with Gasteiger partial charge in [0.2, 0.25) is 0 Å². The third kappa shape index (κ3) is 4.50. The lowest BCUT2D eigenvalue weighted by molar-refractivity contribution is 0.502. The van der Waals surface area contributed by atoms with Crippen LogP contribution in [0.2, 0.25) is 0 Å². The molecule has 0 spiro atoms. The molecule has 0 aliphatic carbocycles. The fraction of sp³-hybridized carbons (Fsp3) is 0.625. The summed E-state index contributed by atoms with van der Waals surface area (Å²) in [5.74, 6) is 0.720. The van der Waals surface area contributed by atoms with Gasteiger partial charge in [-0.2, -0.15) is 0 Å². The summed E-state index contributed by atoms with van der Waals surface area (Å²) in [6, 6.07) is 7.45. The minimum Gasteiger partial charge on any atom is -0.372 e. The van der Waals surface area contributed by atoms with Crippen LogP contribution >= 0.6 is 15.9 Å². The van der Waals surface area contributed by atoms with Crippen molar-refractivity contribution in [2.75, 3.05) is 19.0 Å². The van der Waals surface area contributed by atoms with E-state index in [1.807, 2.05) is 7.05 Å². The maximum atomic E-state index is 3.57. The summed E-state index contributed by atoms with van der Waals surface area (Å²) in [4.78, 5) is 2.40. The van der Waals surface area contributed by atoms with E-state index in [4.69, 9.17) is 0 Å². The van der Waals surface area contributed by atoms with Gasteiger partial charge in [0.25, 0.3) is 0 Å². The second-order valence-corrected chi connectivity index (χ2v) is 6.72. The molecule has 1 rings (SSSR count). The minimum atomic E-state index is 0.348. The number of benzene rings is 1.